The highest BCUT2D eigenvalue weighted by atomic mass is 16.5. The first-order valence-electron chi connectivity index (χ1n) is 6.49. The van der Waals surface area contributed by atoms with E-state index in [1.54, 1.807) is 30.5 Å². The Kier molecular flexibility index (Phi) is 5.11. The molecule has 0 radical (unpaired) electrons. The summed E-state index contributed by atoms with van der Waals surface area (Å²) in [7, 11) is 0. The predicted molar refractivity (Wildman–Crippen MR) is 78.1 cm³/mol. The van der Waals surface area contributed by atoms with E-state index in [-0.39, 0.29) is 0 Å². The summed E-state index contributed by atoms with van der Waals surface area (Å²) < 4.78 is 11.0. The van der Waals surface area contributed by atoms with Gasteiger partial charge in [0.15, 0.2) is 0 Å². The van der Waals surface area contributed by atoms with Gasteiger partial charge in [-0.05, 0) is 31.2 Å². The fourth-order valence-electron chi connectivity index (χ4n) is 1.71. The third kappa shape index (κ3) is 4.19. The number of nitrogens with two attached hydrogens (primary N) is 1. The van der Waals surface area contributed by atoms with Gasteiger partial charge in [-0.15, -0.1) is 0 Å². The van der Waals surface area contributed by atoms with Crippen LogP contribution in [0.15, 0.2) is 42.6 Å². The maximum atomic E-state index is 11.6. The van der Waals surface area contributed by atoms with E-state index >= 15 is 0 Å². The van der Waals surface area contributed by atoms with Crippen molar-refractivity contribution in [2.75, 3.05) is 13.2 Å². The van der Waals surface area contributed by atoms with Gasteiger partial charge in [-0.2, -0.15) is 0 Å². The van der Waals surface area contributed by atoms with E-state index < -0.39 is 5.91 Å². The summed E-state index contributed by atoms with van der Waals surface area (Å²) in [6.45, 7) is 2.57. The SMILES string of the molecule is Cc1ccc(OCCOc2ccccc2C(=O)NN)cn1. The summed E-state index contributed by atoms with van der Waals surface area (Å²) in [6.07, 6.45) is 1.66. The summed E-state index contributed by atoms with van der Waals surface area (Å²) in [5.74, 6) is 5.88. The molecule has 21 heavy (non-hydrogen) atoms. The van der Waals surface area contributed by atoms with Crippen molar-refractivity contribution >= 4 is 5.91 Å². The Labute approximate surface area is 122 Å². The molecule has 0 saturated carbocycles. The van der Waals surface area contributed by atoms with Crippen molar-refractivity contribution in [3.8, 4) is 11.5 Å². The van der Waals surface area contributed by atoms with Crippen LogP contribution in [-0.2, 0) is 0 Å². The lowest BCUT2D eigenvalue weighted by molar-refractivity contribution is 0.0948. The Hall–Kier alpha value is -2.60. The second-order valence-electron chi connectivity index (χ2n) is 4.30. The molecule has 6 heteroatoms. The van der Waals surface area contributed by atoms with Crippen LogP contribution < -0.4 is 20.7 Å². The highest BCUT2D eigenvalue weighted by molar-refractivity contribution is 5.96. The van der Waals surface area contributed by atoms with Gasteiger partial charge < -0.3 is 9.47 Å². The molecule has 0 aliphatic heterocycles. The van der Waals surface area contributed by atoms with Crippen LogP contribution in [0.2, 0.25) is 0 Å². The number of nitrogen functional groups attached to an aromatic ring is 1. The number of carbonyl (C=O) groups excluding carboxylic acids is 1. The number of hydrogen-bond donors (Lipinski definition) is 2. The number of para-hydroxylation sites is 1. The van der Waals surface area contributed by atoms with Gasteiger partial charge in [0.05, 0.1) is 11.8 Å². The first kappa shape index (κ1) is 14.8. The minimum atomic E-state index is -0.394. The molecular formula is C15H17N3O3. The van der Waals surface area contributed by atoms with Gasteiger partial charge >= 0.3 is 0 Å². The third-order valence-electron chi connectivity index (χ3n) is 2.76. The Bertz CT molecular complexity index is 599. The number of hydrogen-bond acceptors (Lipinski definition) is 5. The Balaban J connectivity index is 1.86. The molecule has 3 N–H and O–H groups in total. The summed E-state index contributed by atoms with van der Waals surface area (Å²) in [5.41, 5.74) is 3.40. The third-order valence-corrected chi connectivity index (χ3v) is 2.76. The molecule has 0 spiro atoms. The lowest BCUT2D eigenvalue weighted by Crippen LogP contribution is -2.30. The van der Waals surface area contributed by atoms with Crippen molar-refractivity contribution < 1.29 is 14.3 Å². The molecule has 0 atom stereocenters. The van der Waals surface area contributed by atoms with E-state index in [9.17, 15) is 4.79 Å². The number of carbonyl (C=O) groups is 1. The molecular weight excluding hydrogens is 270 g/mol. The van der Waals surface area contributed by atoms with Gasteiger partial charge in [-0.1, -0.05) is 12.1 Å². The lowest BCUT2D eigenvalue weighted by atomic mass is 10.2. The maximum absolute atomic E-state index is 11.6. The molecule has 110 valence electrons. The second-order valence-corrected chi connectivity index (χ2v) is 4.30. The van der Waals surface area contributed by atoms with Crippen LogP contribution in [0.4, 0.5) is 0 Å². The number of amides is 1. The van der Waals surface area contributed by atoms with Gasteiger partial charge in [-0.25, -0.2) is 5.84 Å². The molecule has 0 saturated heterocycles. The van der Waals surface area contributed by atoms with Crippen molar-refractivity contribution in [3.63, 3.8) is 0 Å². The van der Waals surface area contributed by atoms with Crippen LogP contribution in [0.5, 0.6) is 11.5 Å². The molecule has 1 aromatic carbocycles. The molecule has 6 nitrogen and oxygen atoms in total. The second kappa shape index (κ2) is 7.25. The monoisotopic (exact) mass is 287 g/mol. The molecule has 0 unspecified atom stereocenters. The number of aryl methyl sites for hydroxylation is 1. The zero-order valence-electron chi connectivity index (χ0n) is 11.7. The van der Waals surface area contributed by atoms with Crippen LogP contribution in [0, 0.1) is 6.92 Å². The average Bonchev–Trinajstić information content (AvgIpc) is 2.53. The lowest BCUT2D eigenvalue weighted by Gasteiger charge is -2.11. The number of pyridine rings is 1. The number of benzene rings is 1. The number of ether oxygens (including phenoxy) is 2. The highest BCUT2D eigenvalue weighted by Crippen LogP contribution is 2.17. The molecule has 1 aromatic heterocycles. The zero-order valence-corrected chi connectivity index (χ0v) is 11.7. The van der Waals surface area contributed by atoms with Gasteiger partial charge in [0.25, 0.3) is 5.91 Å². The van der Waals surface area contributed by atoms with Crippen LogP contribution in [0.3, 0.4) is 0 Å². The Morgan fingerprint density at radius 1 is 1.19 bits per heavy atom. The standard InChI is InChI=1S/C15H17N3O3/c1-11-6-7-12(10-17-11)20-8-9-21-14-5-3-2-4-13(14)15(19)18-16/h2-7,10H,8-9,16H2,1H3,(H,18,19). The average molecular weight is 287 g/mol. The normalized spacial score (nSPS) is 10.0. The van der Waals surface area contributed by atoms with Crippen molar-refractivity contribution in [1.82, 2.24) is 10.4 Å². The number of nitrogens with zero attached hydrogens (tertiary/aromatic N) is 1. The fraction of sp³-hybridized carbons (Fsp3) is 0.200. The molecule has 2 rings (SSSR count). The first-order valence-corrected chi connectivity index (χ1v) is 6.49. The number of aromatic nitrogens is 1. The molecule has 1 heterocycles. The van der Waals surface area contributed by atoms with Gasteiger partial charge in [0, 0.05) is 5.69 Å². The van der Waals surface area contributed by atoms with E-state index in [1.165, 1.54) is 0 Å². The zero-order chi connectivity index (χ0) is 15.1. The summed E-state index contributed by atoms with van der Waals surface area (Å²) in [4.78, 5) is 15.7. The van der Waals surface area contributed by atoms with Gasteiger partial charge in [0.1, 0.15) is 24.7 Å². The van der Waals surface area contributed by atoms with Crippen LogP contribution in [0.1, 0.15) is 16.1 Å². The number of nitrogens with one attached hydrogen (secondary N) is 1. The topological polar surface area (TPSA) is 86.5 Å². The number of rotatable bonds is 6. The Morgan fingerprint density at radius 3 is 2.67 bits per heavy atom. The summed E-state index contributed by atoms with van der Waals surface area (Å²) in [6, 6.07) is 10.6. The van der Waals surface area contributed by atoms with E-state index in [0.717, 1.165) is 5.69 Å². The fourth-order valence-corrected chi connectivity index (χ4v) is 1.71. The smallest absolute Gasteiger partial charge is 0.268 e. The van der Waals surface area contributed by atoms with Gasteiger partial charge in [-0.3, -0.25) is 15.2 Å². The summed E-state index contributed by atoms with van der Waals surface area (Å²) >= 11 is 0. The van der Waals surface area contributed by atoms with E-state index in [1.807, 2.05) is 19.1 Å². The quantitative estimate of drug-likeness (QED) is 0.363. The predicted octanol–water partition coefficient (Wildman–Crippen LogP) is 1.45. The molecule has 1 amide bonds. The van der Waals surface area contributed by atoms with Crippen molar-refractivity contribution in [2.24, 2.45) is 5.84 Å². The van der Waals surface area contributed by atoms with Crippen LogP contribution in [-0.4, -0.2) is 24.1 Å². The molecule has 0 aliphatic rings. The van der Waals surface area contributed by atoms with Crippen LogP contribution >= 0.6 is 0 Å². The summed E-state index contributed by atoms with van der Waals surface area (Å²) in [5, 5.41) is 0. The van der Waals surface area contributed by atoms with E-state index in [4.69, 9.17) is 15.3 Å². The molecule has 2 aromatic rings. The maximum Gasteiger partial charge on any atom is 0.268 e. The largest absolute Gasteiger partial charge is 0.489 e. The minimum absolute atomic E-state index is 0.308. The Morgan fingerprint density at radius 2 is 1.95 bits per heavy atom. The van der Waals surface area contributed by atoms with Crippen molar-refractivity contribution in [3.05, 3.63) is 53.9 Å². The first-order chi connectivity index (χ1) is 10.2. The van der Waals surface area contributed by atoms with Gasteiger partial charge in [0.2, 0.25) is 0 Å². The number of hydrazine groups is 1. The molecule has 0 fully saturated rings. The van der Waals surface area contributed by atoms with Crippen molar-refractivity contribution in [2.45, 2.75) is 6.92 Å². The van der Waals surface area contributed by atoms with Crippen LogP contribution in [0.25, 0.3) is 0 Å². The van der Waals surface area contributed by atoms with E-state index in [0.29, 0.717) is 30.3 Å². The molecule has 0 aliphatic carbocycles. The minimum Gasteiger partial charge on any atom is -0.489 e. The van der Waals surface area contributed by atoms with Crippen molar-refractivity contribution in [1.29, 1.82) is 0 Å². The highest BCUT2D eigenvalue weighted by Gasteiger charge is 2.10. The molecule has 0 bridgehead atoms. The van der Waals surface area contributed by atoms with E-state index in [2.05, 4.69) is 10.4 Å².